The molecule has 0 aliphatic heterocycles. The Bertz CT molecular complexity index is 1090. The molecule has 1 heterocycles. The van der Waals surface area contributed by atoms with Gasteiger partial charge in [0, 0.05) is 27.5 Å². The number of primary amides is 1. The summed E-state index contributed by atoms with van der Waals surface area (Å²) in [5, 5.41) is 6.53. The number of ether oxygens (including phenoxy) is 1. The van der Waals surface area contributed by atoms with Crippen molar-refractivity contribution >= 4 is 35.2 Å². The largest absolute Gasteiger partial charge is 0.452 e. The number of nitrogens with zero attached hydrogens (tertiary/aromatic N) is 1. The van der Waals surface area contributed by atoms with Crippen LogP contribution in [0.15, 0.2) is 57.9 Å². The molecule has 1 aromatic heterocycles. The van der Waals surface area contributed by atoms with E-state index in [0.29, 0.717) is 22.6 Å². The Morgan fingerprint density at radius 3 is 2.45 bits per heavy atom. The van der Waals surface area contributed by atoms with Crippen LogP contribution in [0.25, 0.3) is 0 Å². The van der Waals surface area contributed by atoms with Crippen LogP contribution in [0.3, 0.4) is 0 Å². The van der Waals surface area contributed by atoms with Gasteiger partial charge in [-0.15, -0.1) is 11.8 Å². The summed E-state index contributed by atoms with van der Waals surface area (Å²) in [4.78, 5) is 36.5. The average molecular weight is 439 g/mol. The summed E-state index contributed by atoms with van der Waals surface area (Å²) < 4.78 is 10.4. The number of amides is 2. The van der Waals surface area contributed by atoms with Crippen molar-refractivity contribution in [2.45, 2.75) is 24.5 Å². The maximum Gasteiger partial charge on any atom is 0.339 e. The molecule has 3 rings (SSSR count). The van der Waals surface area contributed by atoms with Crippen LogP contribution in [0.1, 0.15) is 37.7 Å². The maximum atomic E-state index is 12.5. The number of anilines is 1. The quantitative estimate of drug-likeness (QED) is 0.407. The number of hydrogen-bond donors (Lipinski definition) is 2. The van der Waals surface area contributed by atoms with E-state index in [-0.39, 0.29) is 0 Å². The first kappa shape index (κ1) is 22.1. The number of aromatic nitrogens is 1. The molecule has 2 aromatic carbocycles. The van der Waals surface area contributed by atoms with E-state index in [1.807, 2.05) is 26.0 Å². The van der Waals surface area contributed by atoms with Crippen molar-refractivity contribution in [2.75, 3.05) is 11.9 Å². The van der Waals surface area contributed by atoms with Crippen LogP contribution < -0.4 is 11.1 Å². The third-order valence-corrected chi connectivity index (χ3v) is 5.55. The molecule has 9 heteroatoms. The second kappa shape index (κ2) is 9.94. The molecular formula is C22H21N3O5S. The predicted octanol–water partition coefficient (Wildman–Crippen LogP) is 3.48. The van der Waals surface area contributed by atoms with Crippen LogP contribution in [0, 0.1) is 13.8 Å². The zero-order chi connectivity index (χ0) is 22.4. The highest BCUT2D eigenvalue weighted by Gasteiger charge is 2.16. The Balaban J connectivity index is 1.57. The lowest BCUT2D eigenvalue weighted by molar-refractivity contribution is -0.119. The van der Waals surface area contributed by atoms with Gasteiger partial charge in [0.2, 0.25) is 5.91 Å². The van der Waals surface area contributed by atoms with Crippen LogP contribution in [0.5, 0.6) is 0 Å². The standard InChI is InChI=1S/C22H21N3O5S/c1-13-18(14(2)30-25-13)12-31-19-6-4-3-5-17(19)22(28)29-11-20(26)24-16-9-7-15(8-10-16)21(23)27/h3-10H,11-12H2,1-2H3,(H2,23,27)(H,24,26). The molecule has 0 aliphatic rings. The molecule has 0 saturated heterocycles. The number of nitrogens with one attached hydrogen (secondary N) is 1. The van der Waals surface area contributed by atoms with Crippen LogP contribution in [0.4, 0.5) is 5.69 Å². The minimum absolute atomic E-state index is 0.329. The fourth-order valence-electron chi connectivity index (χ4n) is 2.74. The monoisotopic (exact) mass is 439 g/mol. The smallest absolute Gasteiger partial charge is 0.339 e. The first-order valence-corrected chi connectivity index (χ1v) is 10.3. The molecule has 3 N–H and O–H groups in total. The molecule has 0 spiro atoms. The van der Waals surface area contributed by atoms with Gasteiger partial charge in [-0.25, -0.2) is 4.79 Å². The summed E-state index contributed by atoms with van der Waals surface area (Å²) in [7, 11) is 0. The van der Waals surface area contributed by atoms with E-state index in [0.717, 1.165) is 21.9 Å². The second-order valence-electron chi connectivity index (χ2n) is 6.65. The molecule has 160 valence electrons. The lowest BCUT2D eigenvalue weighted by atomic mass is 10.2. The topological polar surface area (TPSA) is 125 Å². The van der Waals surface area contributed by atoms with E-state index in [1.54, 1.807) is 24.3 Å². The highest BCUT2D eigenvalue weighted by Crippen LogP contribution is 2.29. The number of rotatable bonds is 8. The highest BCUT2D eigenvalue weighted by atomic mass is 32.2. The molecule has 31 heavy (non-hydrogen) atoms. The zero-order valence-electron chi connectivity index (χ0n) is 17.0. The first-order valence-electron chi connectivity index (χ1n) is 9.35. The van der Waals surface area contributed by atoms with Crippen molar-refractivity contribution in [1.82, 2.24) is 5.16 Å². The summed E-state index contributed by atoms with van der Waals surface area (Å²) in [5.74, 6) is -0.321. The van der Waals surface area contributed by atoms with Gasteiger partial charge in [-0.1, -0.05) is 17.3 Å². The van der Waals surface area contributed by atoms with Crippen LogP contribution in [-0.2, 0) is 15.3 Å². The Morgan fingerprint density at radius 2 is 1.81 bits per heavy atom. The molecule has 0 bridgehead atoms. The summed E-state index contributed by atoms with van der Waals surface area (Å²) >= 11 is 1.46. The van der Waals surface area contributed by atoms with Crippen molar-refractivity contribution in [3.05, 3.63) is 76.7 Å². The Hall–Kier alpha value is -3.59. The van der Waals surface area contributed by atoms with E-state index in [1.165, 1.54) is 23.9 Å². The van der Waals surface area contributed by atoms with E-state index >= 15 is 0 Å². The number of carbonyl (C=O) groups excluding carboxylic acids is 3. The molecular weight excluding hydrogens is 418 g/mol. The third-order valence-electron chi connectivity index (χ3n) is 4.45. The summed E-state index contributed by atoms with van der Waals surface area (Å²) in [6.45, 7) is 3.27. The lowest BCUT2D eigenvalue weighted by Crippen LogP contribution is -2.21. The van der Waals surface area contributed by atoms with E-state index in [9.17, 15) is 14.4 Å². The van der Waals surface area contributed by atoms with Crippen molar-refractivity contribution in [2.24, 2.45) is 5.73 Å². The van der Waals surface area contributed by atoms with Crippen molar-refractivity contribution in [1.29, 1.82) is 0 Å². The number of esters is 1. The maximum absolute atomic E-state index is 12.5. The number of aryl methyl sites for hydroxylation is 2. The van der Waals surface area contributed by atoms with Crippen molar-refractivity contribution in [3.63, 3.8) is 0 Å². The van der Waals surface area contributed by atoms with Crippen molar-refractivity contribution in [3.8, 4) is 0 Å². The second-order valence-corrected chi connectivity index (χ2v) is 7.67. The van der Waals surface area contributed by atoms with Crippen molar-refractivity contribution < 1.29 is 23.6 Å². The van der Waals surface area contributed by atoms with Gasteiger partial charge in [-0.05, 0) is 50.2 Å². The minimum Gasteiger partial charge on any atom is -0.452 e. The number of carbonyl (C=O) groups is 3. The number of nitrogens with two attached hydrogens (primary N) is 1. The predicted molar refractivity (Wildman–Crippen MR) is 116 cm³/mol. The Kier molecular flexibility index (Phi) is 7.09. The van der Waals surface area contributed by atoms with Gasteiger partial charge < -0.3 is 20.3 Å². The Morgan fingerprint density at radius 1 is 1.10 bits per heavy atom. The van der Waals surface area contributed by atoms with Crippen LogP contribution in [-0.4, -0.2) is 29.5 Å². The molecule has 0 aliphatic carbocycles. The fraction of sp³-hybridized carbons (Fsp3) is 0.182. The molecule has 2 amide bonds. The highest BCUT2D eigenvalue weighted by molar-refractivity contribution is 7.98. The molecule has 0 unspecified atom stereocenters. The van der Waals surface area contributed by atoms with Gasteiger partial charge in [0.25, 0.3) is 5.91 Å². The molecule has 0 fully saturated rings. The molecule has 0 saturated carbocycles. The van der Waals surface area contributed by atoms with Crippen LogP contribution in [0.2, 0.25) is 0 Å². The zero-order valence-corrected chi connectivity index (χ0v) is 17.8. The number of benzene rings is 2. The van der Waals surface area contributed by atoms with Gasteiger partial charge in [0.15, 0.2) is 6.61 Å². The molecule has 8 nitrogen and oxygen atoms in total. The third kappa shape index (κ3) is 5.73. The van der Waals surface area contributed by atoms with E-state index in [2.05, 4.69) is 10.5 Å². The Labute approximate surface area is 183 Å². The SMILES string of the molecule is Cc1noc(C)c1CSc1ccccc1C(=O)OCC(=O)Nc1ccc(C(N)=O)cc1. The molecule has 3 aromatic rings. The average Bonchev–Trinajstić information content (AvgIpc) is 3.08. The molecule has 0 atom stereocenters. The lowest BCUT2D eigenvalue weighted by Gasteiger charge is -2.10. The van der Waals surface area contributed by atoms with Gasteiger partial charge in [0.1, 0.15) is 5.76 Å². The van der Waals surface area contributed by atoms with Gasteiger partial charge >= 0.3 is 5.97 Å². The number of thioether (sulfide) groups is 1. The van der Waals surface area contributed by atoms with Crippen LogP contribution >= 0.6 is 11.8 Å². The van der Waals surface area contributed by atoms with Gasteiger partial charge in [-0.2, -0.15) is 0 Å². The summed E-state index contributed by atoms with van der Waals surface area (Å²) in [6.07, 6.45) is 0. The number of hydrogen-bond acceptors (Lipinski definition) is 7. The van der Waals surface area contributed by atoms with E-state index < -0.39 is 24.4 Å². The summed E-state index contributed by atoms with van der Waals surface area (Å²) in [5.41, 5.74) is 8.14. The van der Waals surface area contributed by atoms with Gasteiger partial charge in [0.05, 0.1) is 11.3 Å². The van der Waals surface area contributed by atoms with Gasteiger partial charge in [-0.3, -0.25) is 9.59 Å². The first-order chi connectivity index (χ1) is 14.8. The fourth-order valence-corrected chi connectivity index (χ4v) is 3.94. The van der Waals surface area contributed by atoms with E-state index in [4.69, 9.17) is 15.0 Å². The summed E-state index contributed by atoms with van der Waals surface area (Å²) in [6, 6.07) is 13.1. The minimum atomic E-state index is -0.596. The molecule has 0 radical (unpaired) electrons. The normalized spacial score (nSPS) is 10.5.